The van der Waals surface area contributed by atoms with Crippen LogP contribution in [0.15, 0.2) is 12.1 Å². The molecule has 2 heterocycles. The van der Waals surface area contributed by atoms with Crippen molar-refractivity contribution in [3.63, 3.8) is 0 Å². The van der Waals surface area contributed by atoms with E-state index in [1.165, 1.54) is 19.3 Å². The number of carbonyl (C=O) groups excluding carboxylic acids is 1. The molecule has 0 spiro atoms. The van der Waals surface area contributed by atoms with Gasteiger partial charge in [0.2, 0.25) is 0 Å². The van der Waals surface area contributed by atoms with Crippen LogP contribution in [0.25, 0.3) is 0 Å². The van der Waals surface area contributed by atoms with Crippen molar-refractivity contribution in [2.45, 2.75) is 45.2 Å². The second-order valence-electron chi connectivity index (χ2n) is 5.76. The summed E-state index contributed by atoms with van der Waals surface area (Å²) in [5, 5.41) is 14.3. The number of amides is 1. The van der Waals surface area contributed by atoms with Crippen molar-refractivity contribution in [1.29, 1.82) is 0 Å². The van der Waals surface area contributed by atoms with E-state index >= 15 is 0 Å². The minimum atomic E-state index is -0.203. The van der Waals surface area contributed by atoms with Gasteiger partial charge in [0.1, 0.15) is 0 Å². The third-order valence-electron chi connectivity index (χ3n) is 3.79. The maximum atomic E-state index is 11.5. The van der Waals surface area contributed by atoms with Gasteiger partial charge in [-0.3, -0.25) is 4.79 Å². The maximum Gasteiger partial charge on any atom is 0.271 e. The highest BCUT2D eigenvalue weighted by atomic mass is 16.1. The standard InChI is InChI=1S/C15H25N5O/c1-11(2)17-10-12-6-4-5-9-20(12)14-8-7-13(18-19-14)15(21)16-3/h7-8,11-12,17H,4-6,9-10H2,1-3H3,(H,16,21). The molecule has 0 radical (unpaired) electrons. The molecule has 1 unspecified atom stereocenters. The van der Waals surface area contributed by atoms with Crippen molar-refractivity contribution in [2.75, 3.05) is 25.0 Å². The first-order valence-corrected chi connectivity index (χ1v) is 7.67. The molecule has 116 valence electrons. The lowest BCUT2D eigenvalue weighted by molar-refractivity contribution is 0.0957. The van der Waals surface area contributed by atoms with Gasteiger partial charge in [-0.2, -0.15) is 0 Å². The summed E-state index contributed by atoms with van der Waals surface area (Å²) in [6, 6.07) is 4.56. The molecule has 6 nitrogen and oxygen atoms in total. The van der Waals surface area contributed by atoms with Gasteiger partial charge in [-0.1, -0.05) is 13.8 Å². The fourth-order valence-corrected chi connectivity index (χ4v) is 2.61. The van der Waals surface area contributed by atoms with Gasteiger partial charge in [0.15, 0.2) is 11.5 Å². The average molecular weight is 291 g/mol. The van der Waals surface area contributed by atoms with Gasteiger partial charge in [0.05, 0.1) is 0 Å². The molecular formula is C15H25N5O. The second kappa shape index (κ2) is 7.36. The van der Waals surface area contributed by atoms with Gasteiger partial charge in [0.25, 0.3) is 5.91 Å². The molecule has 2 rings (SSSR count). The van der Waals surface area contributed by atoms with Crippen molar-refractivity contribution in [3.05, 3.63) is 17.8 Å². The Labute approximate surface area is 126 Å². The molecule has 21 heavy (non-hydrogen) atoms. The summed E-state index contributed by atoms with van der Waals surface area (Å²) in [5.41, 5.74) is 0.357. The van der Waals surface area contributed by atoms with E-state index in [0.29, 0.717) is 17.8 Å². The molecule has 1 aromatic heterocycles. The van der Waals surface area contributed by atoms with Crippen LogP contribution in [0.3, 0.4) is 0 Å². The first-order valence-electron chi connectivity index (χ1n) is 7.67. The van der Waals surface area contributed by atoms with Crippen molar-refractivity contribution in [2.24, 2.45) is 0 Å². The molecule has 1 amide bonds. The van der Waals surface area contributed by atoms with E-state index in [1.807, 2.05) is 6.07 Å². The fraction of sp³-hybridized carbons (Fsp3) is 0.667. The third-order valence-corrected chi connectivity index (χ3v) is 3.79. The summed E-state index contributed by atoms with van der Waals surface area (Å²) in [6.45, 7) is 6.27. The Kier molecular flexibility index (Phi) is 5.50. The smallest absolute Gasteiger partial charge is 0.271 e. The highest BCUT2D eigenvalue weighted by Crippen LogP contribution is 2.22. The van der Waals surface area contributed by atoms with Gasteiger partial charge < -0.3 is 15.5 Å². The van der Waals surface area contributed by atoms with Crippen LogP contribution in [0.5, 0.6) is 0 Å². The first-order chi connectivity index (χ1) is 10.1. The minimum Gasteiger partial charge on any atom is -0.354 e. The minimum absolute atomic E-state index is 0.203. The Morgan fingerprint density at radius 1 is 1.38 bits per heavy atom. The Bertz CT molecular complexity index is 460. The third kappa shape index (κ3) is 4.14. The number of hydrogen-bond acceptors (Lipinski definition) is 5. The summed E-state index contributed by atoms with van der Waals surface area (Å²) in [7, 11) is 1.59. The van der Waals surface area contributed by atoms with Gasteiger partial charge >= 0.3 is 0 Å². The number of hydrogen-bond donors (Lipinski definition) is 2. The number of nitrogens with zero attached hydrogens (tertiary/aromatic N) is 3. The summed E-state index contributed by atoms with van der Waals surface area (Å²) in [5.74, 6) is 0.656. The van der Waals surface area contributed by atoms with Crippen LogP contribution in [0.1, 0.15) is 43.6 Å². The molecule has 1 fully saturated rings. The number of carbonyl (C=O) groups is 1. The predicted octanol–water partition coefficient (Wildman–Crippen LogP) is 1.19. The van der Waals surface area contributed by atoms with E-state index in [4.69, 9.17) is 0 Å². The monoisotopic (exact) mass is 291 g/mol. The van der Waals surface area contributed by atoms with Crippen LogP contribution in [-0.4, -0.2) is 48.3 Å². The number of nitrogens with one attached hydrogen (secondary N) is 2. The van der Waals surface area contributed by atoms with E-state index in [2.05, 4.69) is 39.6 Å². The number of rotatable bonds is 5. The molecule has 2 N–H and O–H groups in total. The maximum absolute atomic E-state index is 11.5. The molecule has 1 aliphatic rings. The summed E-state index contributed by atoms with van der Waals surface area (Å²) in [4.78, 5) is 13.8. The van der Waals surface area contributed by atoms with Crippen LogP contribution in [0.2, 0.25) is 0 Å². The highest BCUT2D eigenvalue weighted by molar-refractivity contribution is 5.91. The number of piperidine rings is 1. The molecule has 0 aliphatic carbocycles. The van der Waals surface area contributed by atoms with Crippen LogP contribution in [-0.2, 0) is 0 Å². The van der Waals surface area contributed by atoms with E-state index in [-0.39, 0.29) is 5.91 Å². The van der Waals surface area contributed by atoms with Crippen LogP contribution < -0.4 is 15.5 Å². The normalized spacial score (nSPS) is 18.9. The topological polar surface area (TPSA) is 70.2 Å². The molecule has 1 aromatic rings. The molecule has 1 saturated heterocycles. The molecule has 6 heteroatoms. The van der Waals surface area contributed by atoms with Crippen molar-refractivity contribution in [1.82, 2.24) is 20.8 Å². The highest BCUT2D eigenvalue weighted by Gasteiger charge is 2.24. The number of anilines is 1. The quantitative estimate of drug-likeness (QED) is 0.853. The molecule has 0 bridgehead atoms. The Balaban J connectivity index is 2.07. The zero-order chi connectivity index (χ0) is 15.2. The van der Waals surface area contributed by atoms with Crippen molar-refractivity contribution < 1.29 is 4.79 Å². The number of aromatic nitrogens is 2. The molecule has 1 aliphatic heterocycles. The summed E-state index contributed by atoms with van der Waals surface area (Å²) >= 11 is 0. The lowest BCUT2D eigenvalue weighted by Crippen LogP contribution is -2.47. The van der Waals surface area contributed by atoms with Gasteiger partial charge in [-0.25, -0.2) is 0 Å². The van der Waals surface area contributed by atoms with E-state index < -0.39 is 0 Å². The predicted molar refractivity (Wildman–Crippen MR) is 83.5 cm³/mol. The molecule has 0 aromatic carbocycles. The van der Waals surface area contributed by atoms with Crippen molar-refractivity contribution in [3.8, 4) is 0 Å². The average Bonchev–Trinajstić information content (AvgIpc) is 2.52. The Hall–Kier alpha value is -1.69. The fourth-order valence-electron chi connectivity index (χ4n) is 2.61. The van der Waals surface area contributed by atoms with E-state index in [9.17, 15) is 4.79 Å². The first kappa shape index (κ1) is 15.7. The lowest BCUT2D eigenvalue weighted by Gasteiger charge is -2.37. The Morgan fingerprint density at radius 3 is 2.81 bits per heavy atom. The van der Waals surface area contributed by atoms with E-state index in [0.717, 1.165) is 18.9 Å². The van der Waals surface area contributed by atoms with Crippen LogP contribution >= 0.6 is 0 Å². The van der Waals surface area contributed by atoms with E-state index in [1.54, 1.807) is 13.1 Å². The van der Waals surface area contributed by atoms with Crippen LogP contribution in [0, 0.1) is 0 Å². The molecule has 0 saturated carbocycles. The second-order valence-corrected chi connectivity index (χ2v) is 5.76. The summed E-state index contributed by atoms with van der Waals surface area (Å²) < 4.78 is 0. The van der Waals surface area contributed by atoms with Gasteiger partial charge in [-0.05, 0) is 31.4 Å². The zero-order valence-electron chi connectivity index (χ0n) is 13.1. The SMILES string of the molecule is CNC(=O)c1ccc(N2CCCCC2CNC(C)C)nn1. The van der Waals surface area contributed by atoms with Crippen LogP contribution in [0.4, 0.5) is 5.82 Å². The van der Waals surface area contributed by atoms with Gasteiger partial charge in [-0.15, -0.1) is 10.2 Å². The molecular weight excluding hydrogens is 266 g/mol. The lowest BCUT2D eigenvalue weighted by atomic mass is 10.0. The van der Waals surface area contributed by atoms with Crippen molar-refractivity contribution >= 4 is 11.7 Å². The zero-order valence-corrected chi connectivity index (χ0v) is 13.1. The summed E-state index contributed by atoms with van der Waals surface area (Å²) in [6.07, 6.45) is 3.60. The largest absolute Gasteiger partial charge is 0.354 e. The molecule has 1 atom stereocenters. The van der Waals surface area contributed by atoms with Gasteiger partial charge in [0, 0.05) is 32.2 Å². The Morgan fingerprint density at radius 2 is 2.19 bits per heavy atom.